The van der Waals surface area contributed by atoms with Crippen molar-refractivity contribution in [3.8, 4) is 0 Å². The van der Waals surface area contributed by atoms with E-state index in [-0.39, 0.29) is 12.1 Å². The number of ether oxygens (including phenoxy) is 1. The molecule has 1 fully saturated rings. The Morgan fingerprint density at radius 2 is 2.36 bits per heavy atom. The Labute approximate surface area is 148 Å². The van der Waals surface area contributed by atoms with Crippen molar-refractivity contribution < 1.29 is 13.9 Å². The molecule has 3 heterocycles. The van der Waals surface area contributed by atoms with Crippen LogP contribution in [0.3, 0.4) is 0 Å². The number of urea groups is 1. The number of aromatic nitrogens is 2. The van der Waals surface area contributed by atoms with E-state index in [0.29, 0.717) is 13.2 Å². The third kappa shape index (κ3) is 4.42. The van der Waals surface area contributed by atoms with Gasteiger partial charge in [-0.05, 0) is 25.0 Å². The van der Waals surface area contributed by atoms with Gasteiger partial charge in [0, 0.05) is 26.4 Å². The summed E-state index contributed by atoms with van der Waals surface area (Å²) in [5.41, 5.74) is 0.967. The minimum atomic E-state index is -0.0530. The third-order valence-corrected chi connectivity index (χ3v) is 4.64. The molecule has 1 saturated heterocycles. The largest absolute Gasteiger partial charge is 0.467 e. The average molecular weight is 346 g/mol. The highest BCUT2D eigenvalue weighted by Gasteiger charge is 2.28. The summed E-state index contributed by atoms with van der Waals surface area (Å²) >= 11 is 0. The highest BCUT2D eigenvalue weighted by molar-refractivity contribution is 5.74. The third-order valence-electron chi connectivity index (χ3n) is 4.64. The lowest BCUT2D eigenvalue weighted by atomic mass is 10.1. The number of furan rings is 1. The van der Waals surface area contributed by atoms with Crippen molar-refractivity contribution in [3.63, 3.8) is 0 Å². The molecule has 136 valence electrons. The van der Waals surface area contributed by atoms with Crippen LogP contribution in [-0.2, 0) is 17.8 Å². The van der Waals surface area contributed by atoms with Crippen molar-refractivity contribution in [2.45, 2.75) is 44.8 Å². The fraction of sp³-hybridized carbons (Fsp3) is 0.556. The fourth-order valence-electron chi connectivity index (χ4n) is 3.28. The zero-order chi connectivity index (χ0) is 17.5. The molecule has 0 aromatic carbocycles. The maximum absolute atomic E-state index is 12.8. The molecule has 1 aliphatic rings. The predicted octanol–water partition coefficient (Wildman–Crippen LogP) is 2.95. The van der Waals surface area contributed by atoms with E-state index in [1.54, 1.807) is 25.9 Å². The van der Waals surface area contributed by atoms with Gasteiger partial charge < -0.3 is 23.9 Å². The molecule has 2 aromatic heterocycles. The Balaban J connectivity index is 1.63. The van der Waals surface area contributed by atoms with E-state index in [1.165, 1.54) is 0 Å². The van der Waals surface area contributed by atoms with Crippen molar-refractivity contribution in [3.05, 3.63) is 42.4 Å². The molecule has 1 N–H and O–H groups in total. The highest BCUT2D eigenvalue weighted by atomic mass is 16.5. The van der Waals surface area contributed by atoms with Crippen LogP contribution in [-0.4, -0.2) is 40.7 Å². The monoisotopic (exact) mass is 346 g/mol. The second kappa shape index (κ2) is 8.71. The second-order valence-corrected chi connectivity index (χ2v) is 6.30. The summed E-state index contributed by atoms with van der Waals surface area (Å²) in [6.07, 6.45) is 9.43. The van der Waals surface area contributed by atoms with Crippen molar-refractivity contribution in [2.75, 3.05) is 20.3 Å². The first-order chi connectivity index (χ1) is 12.3. The van der Waals surface area contributed by atoms with Crippen LogP contribution in [0.2, 0.25) is 0 Å². The quantitative estimate of drug-likeness (QED) is 0.873. The summed E-state index contributed by atoms with van der Waals surface area (Å²) in [6, 6.07) is 3.79. The summed E-state index contributed by atoms with van der Waals surface area (Å²) < 4.78 is 12.7. The Hall–Kier alpha value is -2.28. The number of imidazole rings is 1. The lowest BCUT2D eigenvalue weighted by molar-refractivity contribution is 0.165. The Morgan fingerprint density at radius 1 is 1.44 bits per heavy atom. The molecule has 0 aliphatic carbocycles. The molecule has 1 atom stereocenters. The first-order valence-electron chi connectivity index (χ1n) is 8.85. The number of carbonyl (C=O) groups is 1. The van der Waals surface area contributed by atoms with Gasteiger partial charge in [0.2, 0.25) is 0 Å². The smallest absolute Gasteiger partial charge is 0.318 e. The van der Waals surface area contributed by atoms with Crippen molar-refractivity contribution in [1.82, 2.24) is 19.8 Å². The fourth-order valence-corrected chi connectivity index (χ4v) is 3.28. The lowest BCUT2D eigenvalue weighted by Gasteiger charge is -2.28. The zero-order valence-electron chi connectivity index (χ0n) is 14.7. The number of nitrogens with one attached hydrogen (secondary N) is 1. The Bertz CT molecular complexity index is 653. The molecule has 0 spiro atoms. The SMILES string of the molecule is COCCn1cncc1CNC(=O)N1CCCCCC1c1ccco1. The normalized spacial score (nSPS) is 18.1. The number of nitrogens with zero attached hydrogens (tertiary/aromatic N) is 3. The van der Waals surface area contributed by atoms with Crippen molar-refractivity contribution >= 4 is 6.03 Å². The van der Waals surface area contributed by atoms with Gasteiger partial charge in [-0.15, -0.1) is 0 Å². The van der Waals surface area contributed by atoms with E-state index in [2.05, 4.69) is 10.3 Å². The summed E-state index contributed by atoms with van der Waals surface area (Å²) in [5.74, 6) is 0.863. The van der Waals surface area contributed by atoms with E-state index in [0.717, 1.165) is 50.2 Å². The molecular weight excluding hydrogens is 320 g/mol. The standard InChI is InChI=1S/C18H26N4O3/c1-24-11-9-21-14-19-12-15(21)13-20-18(23)22-8-4-2-3-6-16(22)17-7-5-10-25-17/h5,7,10,12,14,16H,2-4,6,8-9,11,13H2,1H3,(H,20,23). The van der Waals surface area contributed by atoms with Gasteiger partial charge >= 0.3 is 6.03 Å². The molecule has 7 nitrogen and oxygen atoms in total. The number of methoxy groups -OCH3 is 1. The summed E-state index contributed by atoms with van der Waals surface area (Å²) in [7, 11) is 1.67. The summed E-state index contributed by atoms with van der Waals surface area (Å²) in [6.45, 7) is 2.54. The zero-order valence-corrected chi connectivity index (χ0v) is 14.7. The first kappa shape index (κ1) is 17.5. The van der Waals surface area contributed by atoms with Crippen LogP contribution < -0.4 is 5.32 Å². The van der Waals surface area contributed by atoms with Crippen LogP contribution in [0.1, 0.15) is 43.2 Å². The van der Waals surface area contributed by atoms with Gasteiger partial charge in [-0.1, -0.05) is 12.8 Å². The van der Waals surface area contributed by atoms with Gasteiger partial charge in [0.1, 0.15) is 5.76 Å². The average Bonchev–Trinajstić information content (AvgIpc) is 3.25. The minimum Gasteiger partial charge on any atom is -0.467 e. The van der Waals surface area contributed by atoms with Gasteiger partial charge in [-0.3, -0.25) is 0 Å². The summed E-state index contributed by atoms with van der Waals surface area (Å²) in [5, 5.41) is 3.03. The Morgan fingerprint density at radius 3 is 3.16 bits per heavy atom. The van der Waals surface area contributed by atoms with Gasteiger partial charge in [-0.25, -0.2) is 9.78 Å². The number of likely N-dealkylation sites (tertiary alicyclic amines) is 1. The highest BCUT2D eigenvalue weighted by Crippen LogP contribution is 2.30. The number of hydrogen-bond donors (Lipinski definition) is 1. The molecule has 1 aliphatic heterocycles. The number of carbonyl (C=O) groups excluding carboxylic acids is 1. The maximum atomic E-state index is 12.8. The molecule has 2 aromatic rings. The Kier molecular flexibility index (Phi) is 6.11. The van der Waals surface area contributed by atoms with Gasteiger partial charge in [0.15, 0.2) is 0 Å². The molecule has 0 radical (unpaired) electrons. The van der Waals surface area contributed by atoms with Crippen molar-refractivity contribution in [2.24, 2.45) is 0 Å². The minimum absolute atomic E-state index is 0.0101. The van der Waals surface area contributed by atoms with Crippen molar-refractivity contribution in [1.29, 1.82) is 0 Å². The van der Waals surface area contributed by atoms with Gasteiger partial charge in [-0.2, -0.15) is 0 Å². The predicted molar refractivity (Wildman–Crippen MR) is 93.0 cm³/mol. The number of rotatable bonds is 6. The second-order valence-electron chi connectivity index (χ2n) is 6.30. The van der Waals surface area contributed by atoms with Crippen LogP contribution >= 0.6 is 0 Å². The molecule has 2 amide bonds. The van der Waals surface area contributed by atoms with Crippen LogP contribution in [0.4, 0.5) is 4.79 Å². The van der Waals surface area contributed by atoms with Gasteiger partial charge in [0.05, 0.1) is 37.5 Å². The first-order valence-corrected chi connectivity index (χ1v) is 8.85. The van der Waals surface area contributed by atoms with E-state index < -0.39 is 0 Å². The molecular formula is C18H26N4O3. The van der Waals surface area contributed by atoms with E-state index >= 15 is 0 Å². The molecule has 25 heavy (non-hydrogen) atoms. The van der Waals surface area contributed by atoms with E-state index in [4.69, 9.17) is 9.15 Å². The molecule has 7 heteroatoms. The molecule has 3 rings (SSSR count). The maximum Gasteiger partial charge on any atom is 0.318 e. The number of amides is 2. The van der Waals surface area contributed by atoms with E-state index in [9.17, 15) is 4.79 Å². The number of hydrogen-bond acceptors (Lipinski definition) is 4. The van der Waals surface area contributed by atoms with Crippen LogP contribution in [0.15, 0.2) is 35.3 Å². The van der Waals surface area contributed by atoms with E-state index in [1.807, 2.05) is 21.6 Å². The van der Waals surface area contributed by atoms with Crippen LogP contribution in [0, 0.1) is 0 Å². The van der Waals surface area contributed by atoms with Gasteiger partial charge in [0.25, 0.3) is 0 Å². The molecule has 1 unspecified atom stereocenters. The molecule has 0 bridgehead atoms. The van der Waals surface area contributed by atoms with Crippen LogP contribution in [0.25, 0.3) is 0 Å². The topological polar surface area (TPSA) is 72.5 Å². The summed E-state index contributed by atoms with van der Waals surface area (Å²) in [4.78, 5) is 18.9. The molecule has 0 saturated carbocycles. The lowest BCUT2D eigenvalue weighted by Crippen LogP contribution is -2.42. The van der Waals surface area contributed by atoms with Crippen LogP contribution in [0.5, 0.6) is 0 Å².